The third-order valence-electron chi connectivity index (χ3n) is 2.69. The number of hydrogen-bond acceptors (Lipinski definition) is 3. The molecule has 0 spiro atoms. The Morgan fingerprint density at radius 2 is 2.11 bits per heavy atom. The lowest BCUT2D eigenvalue weighted by atomic mass is 10.1. The molecule has 5 heteroatoms. The second-order valence-corrected chi connectivity index (χ2v) is 6.76. The minimum absolute atomic E-state index is 0.123. The van der Waals surface area contributed by atoms with Gasteiger partial charge in [0.1, 0.15) is 11.9 Å². The van der Waals surface area contributed by atoms with Crippen molar-refractivity contribution in [3.8, 4) is 5.75 Å². The summed E-state index contributed by atoms with van der Waals surface area (Å²) in [5.74, 6) is 0.675. The molecule has 2 rings (SSSR count). The first kappa shape index (κ1) is 14.9. The van der Waals surface area contributed by atoms with Crippen LogP contribution in [-0.2, 0) is 0 Å². The van der Waals surface area contributed by atoms with Crippen molar-refractivity contribution in [3.05, 3.63) is 49.6 Å². The molecule has 0 saturated heterocycles. The summed E-state index contributed by atoms with van der Waals surface area (Å²) in [6, 6.07) is 7.64. The lowest BCUT2D eigenvalue weighted by molar-refractivity contribution is 0.184. The molecule has 2 unspecified atom stereocenters. The zero-order chi connectivity index (χ0) is 14.0. The van der Waals surface area contributed by atoms with Crippen LogP contribution in [0, 0.1) is 6.92 Å². The Morgan fingerprint density at radius 3 is 2.68 bits per heavy atom. The van der Waals surface area contributed by atoms with Gasteiger partial charge in [0, 0.05) is 20.8 Å². The monoisotopic (exact) mass is 359 g/mol. The SMILES string of the molecule is Cc1ccc(Cl)c(OC(c2cc(Br)cs2)C(C)N)c1. The van der Waals surface area contributed by atoms with Gasteiger partial charge < -0.3 is 10.5 Å². The van der Waals surface area contributed by atoms with Crippen LogP contribution >= 0.6 is 38.9 Å². The first-order valence-electron chi connectivity index (χ1n) is 5.89. The highest BCUT2D eigenvalue weighted by Crippen LogP contribution is 2.34. The number of aryl methyl sites for hydroxylation is 1. The van der Waals surface area contributed by atoms with Gasteiger partial charge in [-0.15, -0.1) is 11.3 Å². The van der Waals surface area contributed by atoms with E-state index in [-0.39, 0.29) is 12.1 Å². The maximum Gasteiger partial charge on any atom is 0.148 e. The van der Waals surface area contributed by atoms with Gasteiger partial charge in [0.2, 0.25) is 0 Å². The summed E-state index contributed by atoms with van der Waals surface area (Å²) in [6.07, 6.45) is -0.199. The summed E-state index contributed by atoms with van der Waals surface area (Å²) in [4.78, 5) is 1.08. The quantitative estimate of drug-likeness (QED) is 0.838. The van der Waals surface area contributed by atoms with Crippen molar-refractivity contribution < 1.29 is 4.74 Å². The smallest absolute Gasteiger partial charge is 0.148 e. The van der Waals surface area contributed by atoms with Gasteiger partial charge in [-0.25, -0.2) is 0 Å². The summed E-state index contributed by atoms with van der Waals surface area (Å²) in [5.41, 5.74) is 7.14. The van der Waals surface area contributed by atoms with E-state index in [1.54, 1.807) is 11.3 Å². The zero-order valence-electron chi connectivity index (χ0n) is 10.7. The lowest BCUT2D eigenvalue weighted by Gasteiger charge is -2.22. The minimum atomic E-state index is -0.199. The molecular formula is C14H15BrClNOS. The first-order chi connectivity index (χ1) is 8.97. The fourth-order valence-corrected chi connectivity index (χ4v) is 3.49. The number of hydrogen-bond donors (Lipinski definition) is 1. The Morgan fingerprint density at radius 1 is 1.37 bits per heavy atom. The number of nitrogens with two attached hydrogens (primary N) is 1. The van der Waals surface area contributed by atoms with E-state index in [1.165, 1.54) is 0 Å². The van der Waals surface area contributed by atoms with E-state index < -0.39 is 0 Å². The van der Waals surface area contributed by atoms with E-state index in [9.17, 15) is 0 Å². The molecule has 2 aromatic rings. The van der Waals surface area contributed by atoms with Gasteiger partial charge in [0.25, 0.3) is 0 Å². The van der Waals surface area contributed by atoms with Crippen LogP contribution in [0.3, 0.4) is 0 Å². The highest BCUT2D eigenvalue weighted by Gasteiger charge is 2.21. The average molecular weight is 361 g/mol. The number of ether oxygens (including phenoxy) is 1. The Kier molecular flexibility index (Phi) is 4.90. The summed E-state index contributed by atoms with van der Waals surface area (Å²) >= 11 is 11.2. The molecular weight excluding hydrogens is 346 g/mol. The molecule has 0 aliphatic carbocycles. The van der Waals surface area contributed by atoms with Gasteiger partial charge in [0.05, 0.1) is 5.02 Å². The van der Waals surface area contributed by atoms with Crippen molar-refractivity contribution in [2.24, 2.45) is 5.73 Å². The predicted molar refractivity (Wildman–Crippen MR) is 85.2 cm³/mol. The van der Waals surface area contributed by atoms with E-state index in [2.05, 4.69) is 15.9 Å². The van der Waals surface area contributed by atoms with E-state index in [1.807, 2.05) is 43.5 Å². The standard InChI is InChI=1S/C14H15BrClNOS/c1-8-3-4-11(16)12(5-8)18-14(9(2)17)13-6-10(15)7-19-13/h3-7,9,14H,17H2,1-2H3. The molecule has 0 bridgehead atoms. The van der Waals surface area contributed by atoms with Gasteiger partial charge in [-0.05, 0) is 53.5 Å². The third-order valence-corrected chi connectivity index (χ3v) is 4.75. The molecule has 102 valence electrons. The van der Waals surface area contributed by atoms with Crippen molar-refractivity contribution in [1.82, 2.24) is 0 Å². The second kappa shape index (κ2) is 6.27. The summed E-state index contributed by atoms with van der Waals surface area (Å²) < 4.78 is 7.06. The normalized spacial score (nSPS) is 14.2. The van der Waals surface area contributed by atoms with Gasteiger partial charge in [-0.1, -0.05) is 17.7 Å². The fourth-order valence-electron chi connectivity index (χ4n) is 1.74. The Bertz CT molecular complexity index is 570. The van der Waals surface area contributed by atoms with Crippen molar-refractivity contribution in [3.63, 3.8) is 0 Å². The molecule has 0 aliphatic rings. The van der Waals surface area contributed by atoms with Crippen molar-refractivity contribution in [2.45, 2.75) is 26.0 Å². The van der Waals surface area contributed by atoms with Crippen LogP contribution in [0.2, 0.25) is 5.02 Å². The van der Waals surface area contributed by atoms with Crippen LogP contribution in [0.4, 0.5) is 0 Å². The third kappa shape index (κ3) is 3.72. The lowest BCUT2D eigenvalue weighted by Crippen LogP contribution is -2.28. The van der Waals surface area contributed by atoms with Crippen molar-refractivity contribution >= 4 is 38.9 Å². The highest BCUT2D eigenvalue weighted by molar-refractivity contribution is 9.10. The molecule has 0 aliphatic heterocycles. The van der Waals surface area contributed by atoms with Crippen LogP contribution < -0.4 is 10.5 Å². The summed E-state index contributed by atoms with van der Waals surface area (Å²) in [6.45, 7) is 3.94. The fraction of sp³-hybridized carbons (Fsp3) is 0.286. The van der Waals surface area contributed by atoms with E-state index in [4.69, 9.17) is 22.1 Å². The molecule has 1 aromatic heterocycles. The molecule has 0 fully saturated rings. The van der Waals surface area contributed by atoms with Crippen LogP contribution in [0.15, 0.2) is 34.1 Å². The van der Waals surface area contributed by atoms with Crippen LogP contribution in [0.5, 0.6) is 5.75 Å². The molecule has 1 heterocycles. The average Bonchev–Trinajstić information content (AvgIpc) is 2.76. The van der Waals surface area contributed by atoms with Gasteiger partial charge in [-0.2, -0.15) is 0 Å². The first-order valence-corrected chi connectivity index (χ1v) is 7.94. The van der Waals surface area contributed by atoms with E-state index in [0.29, 0.717) is 10.8 Å². The minimum Gasteiger partial charge on any atom is -0.482 e. The number of rotatable bonds is 4. The Hall–Kier alpha value is -0.550. The van der Waals surface area contributed by atoms with E-state index >= 15 is 0 Å². The van der Waals surface area contributed by atoms with E-state index in [0.717, 1.165) is 14.9 Å². The molecule has 0 radical (unpaired) electrons. The second-order valence-electron chi connectivity index (χ2n) is 4.50. The van der Waals surface area contributed by atoms with Crippen LogP contribution in [-0.4, -0.2) is 6.04 Å². The molecule has 0 amide bonds. The number of benzene rings is 1. The highest BCUT2D eigenvalue weighted by atomic mass is 79.9. The van der Waals surface area contributed by atoms with Gasteiger partial charge >= 0.3 is 0 Å². The number of thiophene rings is 1. The summed E-state index contributed by atoms with van der Waals surface area (Å²) in [5, 5.41) is 2.62. The Balaban J connectivity index is 2.29. The number of halogens is 2. The topological polar surface area (TPSA) is 35.2 Å². The predicted octanol–water partition coefficient (Wildman–Crippen LogP) is 4.94. The largest absolute Gasteiger partial charge is 0.482 e. The zero-order valence-corrected chi connectivity index (χ0v) is 13.8. The molecule has 19 heavy (non-hydrogen) atoms. The van der Waals surface area contributed by atoms with Gasteiger partial charge in [0.15, 0.2) is 0 Å². The molecule has 2 atom stereocenters. The summed E-state index contributed by atoms with van der Waals surface area (Å²) in [7, 11) is 0. The Labute approximate surface area is 130 Å². The van der Waals surface area contributed by atoms with Gasteiger partial charge in [-0.3, -0.25) is 0 Å². The van der Waals surface area contributed by atoms with Crippen LogP contribution in [0.25, 0.3) is 0 Å². The van der Waals surface area contributed by atoms with Crippen molar-refractivity contribution in [1.29, 1.82) is 0 Å². The molecule has 2 nitrogen and oxygen atoms in total. The maximum atomic E-state index is 6.17. The van der Waals surface area contributed by atoms with Crippen molar-refractivity contribution in [2.75, 3.05) is 0 Å². The molecule has 0 saturated carbocycles. The maximum absolute atomic E-state index is 6.17. The molecule has 2 N–H and O–H groups in total. The van der Waals surface area contributed by atoms with Crippen LogP contribution in [0.1, 0.15) is 23.5 Å². The molecule has 1 aromatic carbocycles.